The summed E-state index contributed by atoms with van der Waals surface area (Å²) in [6, 6.07) is 4.02. The van der Waals surface area contributed by atoms with Gasteiger partial charge in [0.15, 0.2) is 0 Å². The fraction of sp³-hybridized carbons (Fsp3) is 0.545. The van der Waals surface area contributed by atoms with Gasteiger partial charge in [-0.25, -0.2) is 0 Å². The van der Waals surface area contributed by atoms with Gasteiger partial charge in [0, 0.05) is 24.2 Å². The smallest absolute Gasteiger partial charge is 0.0570 e. The molecule has 1 aromatic rings. The number of pyridine rings is 1. The molecule has 0 amide bonds. The third kappa shape index (κ3) is 3.28. The van der Waals surface area contributed by atoms with Gasteiger partial charge < -0.3 is 5.32 Å². The highest BCUT2D eigenvalue weighted by Gasteiger charge is 2.15. The molecule has 0 bridgehead atoms. The molecule has 0 aliphatic carbocycles. The van der Waals surface area contributed by atoms with Crippen molar-refractivity contribution in [1.82, 2.24) is 10.3 Å². The minimum absolute atomic E-state index is 0.0362. The zero-order valence-electron chi connectivity index (χ0n) is 8.97. The average Bonchev–Trinajstić information content (AvgIpc) is 2.17. The molecule has 0 radical (unpaired) electrons. The number of hydrogen-bond donors (Lipinski definition) is 1. The highest BCUT2D eigenvalue weighted by atomic mass is 35.5. The van der Waals surface area contributed by atoms with Gasteiger partial charge in [-0.2, -0.15) is 0 Å². The number of halogens is 1. The first-order chi connectivity index (χ1) is 6.55. The van der Waals surface area contributed by atoms with Crippen LogP contribution < -0.4 is 5.32 Å². The van der Waals surface area contributed by atoms with Crippen molar-refractivity contribution >= 4 is 11.6 Å². The Labute approximate surface area is 90.7 Å². The van der Waals surface area contributed by atoms with Crippen LogP contribution in [0.25, 0.3) is 0 Å². The van der Waals surface area contributed by atoms with Gasteiger partial charge in [0.2, 0.25) is 0 Å². The van der Waals surface area contributed by atoms with Crippen molar-refractivity contribution in [3.05, 3.63) is 29.6 Å². The Balaban J connectivity index is 2.58. The SMILES string of the molecule is Cc1cccnc1CNC(C)(C)CCl. The molecule has 1 N–H and O–H groups in total. The van der Waals surface area contributed by atoms with Crippen molar-refractivity contribution in [3.63, 3.8) is 0 Å². The second-order valence-electron chi connectivity index (χ2n) is 4.14. The lowest BCUT2D eigenvalue weighted by molar-refractivity contribution is 0.426. The number of nitrogens with one attached hydrogen (secondary N) is 1. The van der Waals surface area contributed by atoms with Gasteiger partial charge in [-0.3, -0.25) is 4.98 Å². The highest BCUT2D eigenvalue weighted by Crippen LogP contribution is 2.08. The first kappa shape index (κ1) is 11.5. The van der Waals surface area contributed by atoms with Crippen molar-refractivity contribution in [2.45, 2.75) is 32.9 Å². The summed E-state index contributed by atoms with van der Waals surface area (Å²) >= 11 is 5.82. The minimum atomic E-state index is -0.0362. The molecular formula is C11H17ClN2. The van der Waals surface area contributed by atoms with Gasteiger partial charge >= 0.3 is 0 Å². The number of aryl methyl sites for hydroxylation is 1. The molecule has 0 saturated carbocycles. The summed E-state index contributed by atoms with van der Waals surface area (Å²) in [6.45, 7) is 7.00. The maximum absolute atomic E-state index is 5.82. The van der Waals surface area contributed by atoms with Crippen LogP contribution in [-0.2, 0) is 6.54 Å². The van der Waals surface area contributed by atoms with Crippen molar-refractivity contribution in [2.24, 2.45) is 0 Å². The van der Waals surface area contributed by atoms with Crippen molar-refractivity contribution in [3.8, 4) is 0 Å². The third-order valence-electron chi connectivity index (χ3n) is 2.19. The predicted molar refractivity (Wildman–Crippen MR) is 60.6 cm³/mol. The Morgan fingerprint density at radius 3 is 2.79 bits per heavy atom. The molecule has 78 valence electrons. The van der Waals surface area contributed by atoms with Gasteiger partial charge in [0.05, 0.1) is 5.69 Å². The Kier molecular flexibility index (Phi) is 3.90. The van der Waals surface area contributed by atoms with Crippen molar-refractivity contribution in [1.29, 1.82) is 0 Å². The summed E-state index contributed by atoms with van der Waals surface area (Å²) < 4.78 is 0. The summed E-state index contributed by atoms with van der Waals surface area (Å²) in [6.07, 6.45) is 1.82. The molecule has 0 fully saturated rings. The molecule has 0 aliphatic heterocycles. The van der Waals surface area contributed by atoms with Crippen LogP contribution in [0.2, 0.25) is 0 Å². The van der Waals surface area contributed by atoms with Crippen LogP contribution in [-0.4, -0.2) is 16.4 Å². The van der Waals surface area contributed by atoms with Crippen LogP contribution in [0.15, 0.2) is 18.3 Å². The number of rotatable bonds is 4. The quantitative estimate of drug-likeness (QED) is 0.776. The van der Waals surface area contributed by atoms with E-state index in [2.05, 4.69) is 37.1 Å². The van der Waals surface area contributed by atoms with Gasteiger partial charge in [0.1, 0.15) is 0 Å². The lowest BCUT2D eigenvalue weighted by Crippen LogP contribution is -2.40. The molecule has 1 heterocycles. The molecule has 0 unspecified atom stereocenters. The first-order valence-electron chi connectivity index (χ1n) is 4.77. The molecule has 1 rings (SSSR count). The van der Waals surface area contributed by atoms with Gasteiger partial charge in [-0.05, 0) is 32.4 Å². The van der Waals surface area contributed by atoms with Crippen LogP contribution in [0.1, 0.15) is 25.1 Å². The topological polar surface area (TPSA) is 24.9 Å². The van der Waals surface area contributed by atoms with Crippen LogP contribution in [0.4, 0.5) is 0 Å². The monoisotopic (exact) mass is 212 g/mol. The summed E-state index contributed by atoms with van der Waals surface area (Å²) in [5.41, 5.74) is 2.27. The molecule has 3 heteroatoms. The van der Waals surface area contributed by atoms with E-state index in [4.69, 9.17) is 11.6 Å². The lowest BCUT2D eigenvalue weighted by atomic mass is 10.1. The maximum Gasteiger partial charge on any atom is 0.0570 e. The van der Waals surface area contributed by atoms with Crippen molar-refractivity contribution < 1.29 is 0 Å². The van der Waals surface area contributed by atoms with Gasteiger partial charge in [-0.1, -0.05) is 6.07 Å². The van der Waals surface area contributed by atoms with E-state index >= 15 is 0 Å². The molecular weight excluding hydrogens is 196 g/mol. The average molecular weight is 213 g/mol. The third-order valence-corrected chi connectivity index (χ3v) is 2.85. The van der Waals surface area contributed by atoms with Crippen LogP contribution >= 0.6 is 11.6 Å². The van der Waals surface area contributed by atoms with E-state index in [1.54, 1.807) is 0 Å². The Morgan fingerprint density at radius 1 is 1.50 bits per heavy atom. The molecule has 1 aromatic heterocycles. The standard InChI is InChI=1S/C11H17ClN2/c1-9-5-4-6-13-10(9)7-14-11(2,3)8-12/h4-6,14H,7-8H2,1-3H3. The fourth-order valence-electron chi connectivity index (χ4n) is 1.07. The van der Waals surface area contributed by atoms with E-state index in [9.17, 15) is 0 Å². The van der Waals surface area contributed by atoms with Gasteiger partial charge in [0.25, 0.3) is 0 Å². The Bertz CT molecular complexity index is 297. The van der Waals surface area contributed by atoms with Crippen LogP contribution in [0, 0.1) is 6.92 Å². The maximum atomic E-state index is 5.82. The largest absolute Gasteiger partial charge is 0.305 e. The second-order valence-corrected chi connectivity index (χ2v) is 4.41. The minimum Gasteiger partial charge on any atom is -0.305 e. The molecule has 0 atom stereocenters. The van der Waals surface area contributed by atoms with E-state index in [0.29, 0.717) is 5.88 Å². The Hall–Kier alpha value is -0.600. The van der Waals surface area contributed by atoms with E-state index in [-0.39, 0.29) is 5.54 Å². The summed E-state index contributed by atoms with van der Waals surface area (Å²) in [7, 11) is 0. The first-order valence-corrected chi connectivity index (χ1v) is 5.30. The summed E-state index contributed by atoms with van der Waals surface area (Å²) in [5, 5.41) is 3.37. The number of hydrogen-bond acceptors (Lipinski definition) is 2. The Morgan fingerprint density at radius 2 is 2.21 bits per heavy atom. The molecule has 14 heavy (non-hydrogen) atoms. The van der Waals surface area contributed by atoms with E-state index in [0.717, 1.165) is 12.2 Å². The molecule has 0 aromatic carbocycles. The van der Waals surface area contributed by atoms with Crippen LogP contribution in [0.5, 0.6) is 0 Å². The zero-order valence-corrected chi connectivity index (χ0v) is 9.73. The highest BCUT2D eigenvalue weighted by molar-refractivity contribution is 6.18. The zero-order chi connectivity index (χ0) is 10.6. The van der Waals surface area contributed by atoms with E-state index in [1.165, 1.54) is 5.56 Å². The lowest BCUT2D eigenvalue weighted by Gasteiger charge is -2.23. The number of nitrogens with zero attached hydrogens (tertiary/aromatic N) is 1. The fourth-order valence-corrected chi connectivity index (χ4v) is 1.17. The normalized spacial score (nSPS) is 11.7. The molecule has 0 saturated heterocycles. The van der Waals surface area contributed by atoms with E-state index < -0.39 is 0 Å². The molecule has 0 aliphatic rings. The van der Waals surface area contributed by atoms with Gasteiger partial charge in [-0.15, -0.1) is 11.6 Å². The van der Waals surface area contributed by atoms with Crippen LogP contribution in [0.3, 0.4) is 0 Å². The number of aromatic nitrogens is 1. The predicted octanol–water partition coefficient (Wildman–Crippen LogP) is 2.50. The number of alkyl halides is 1. The summed E-state index contributed by atoms with van der Waals surface area (Å²) in [5.74, 6) is 0.596. The molecule has 0 spiro atoms. The molecule has 2 nitrogen and oxygen atoms in total. The second kappa shape index (κ2) is 4.76. The van der Waals surface area contributed by atoms with E-state index in [1.807, 2.05) is 12.3 Å². The summed E-state index contributed by atoms with van der Waals surface area (Å²) in [4.78, 5) is 4.31. The van der Waals surface area contributed by atoms with Crippen molar-refractivity contribution in [2.75, 3.05) is 5.88 Å².